The number of nitrogens with zero attached hydrogens (tertiary/aromatic N) is 1. The number of nitrogens with one attached hydrogen (secondary N) is 1. The summed E-state index contributed by atoms with van der Waals surface area (Å²) in [7, 11) is 0. The average molecular weight is 363 g/mol. The third kappa shape index (κ3) is 4.21. The van der Waals surface area contributed by atoms with E-state index in [4.69, 9.17) is 16.3 Å². The number of halogens is 1. The van der Waals surface area contributed by atoms with Gasteiger partial charge in [0.1, 0.15) is 12.3 Å². The van der Waals surface area contributed by atoms with Crippen molar-refractivity contribution in [3.63, 3.8) is 0 Å². The second kappa shape index (κ2) is 7.59. The largest absolute Gasteiger partial charge is 0.455 e. The Labute approximate surface area is 148 Å². The fourth-order valence-corrected chi connectivity index (χ4v) is 3.28. The average Bonchev–Trinajstić information content (AvgIpc) is 2.96. The number of carbonyl (C=O) groups is 2. The molecule has 0 saturated carbocycles. The molecule has 124 valence electrons. The highest BCUT2D eigenvalue weighted by molar-refractivity contribution is 8.00. The Kier molecular flexibility index (Phi) is 5.27. The van der Waals surface area contributed by atoms with E-state index in [9.17, 15) is 9.59 Å². The Morgan fingerprint density at radius 2 is 2.04 bits per heavy atom. The third-order valence-electron chi connectivity index (χ3n) is 3.35. The van der Waals surface area contributed by atoms with Crippen LogP contribution in [0.1, 0.15) is 0 Å². The number of rotatable bonds is 5. The Morgan fingerprint density at radius 3 is 2.75 bits per heavy atom. The molecule has 1 N–H and O–H groups in total. The predicted octanol–water partition coefficient (Wildman–Crippen LogP) is 3.60. The van der Waals surface area contributed by atoms with E-state index in [-0.39, 0.29) is 18.4 Å². The van der Waals surface area contributed by atoms with Crippen LogP contribution in [0.5, 0.6) is 11.5 Å². The number of anilines is 1. The maximum absolute atomic E-state index is 12.2. The first kappa shape index (κ1) is 16.7. The van der Waals surface area contributed by atoms with Crippen molar-refractivity contribution in [3.8, 4) is 11.5 Å². The molecular weight excluding hydrogens is 348 g/mol. The summed E-state index contributed by atoms with van der Waals surface area (Å²) >= 11 is 7.52. The normalized spacial score (nSPS) is 13.9. The molecule has 0 unspecified atom stereocenters. The van der Waals surface area contributed by atoms with Crippen LogP contribution in [0.2, 0.25) is 5.02 Å². The maximum Gasteiger partial charge on any atom is 0.244 e. The number of benzene rings is 2. The van der Waals surface area contributed by atoms with Crippen LogP contribution >= 0.6 is 23.4 Å². The van der Waals surface area contributed by atoms with Crippen LogP contribution in [-0.4, -0.2) is 34.9 Å². The van der Waals surface area contributed by atoms with E-state index in [0.717, 1.165) is 0 Å². The molecule has 1 saturated heterocycles. The second-order valence-electron chi connectivity index (χ2n) is 5.17. The molecule has 1 heterocycles. The zero-order valence-electron chi connectivity index (χ0n) is 12.7. The van der Waals surface area contributed by atoms with Crippen LogP contribution < -0.4 is 10.1 Å². The van der Waals surface area contributed by atoms with Gasteiger partial charge in [0.2, 0.25) is 11.8 Å². The lowest BCUT2D eigenvalue weighted by Crippen LogP contribution is -2.34. The highest BCUT2D eigenvalue weighted by Crippen LogP contribution is 2.32. The number of carbonyl (C=O) groups excluding carboxylic acids is 2. The topological polar surface area (TPSA) is 58.6 Å². The molecule has 3 rings (SSSR count). The number of thioether (sulfide) groups is 1. The smallest absolute Gasteiger partial charge is 0.244 e. The summed E-state index contributed by atoms with van der Waals surface area (Å²) in [6, 6.07) is 14.3. The molecule has 24 heavy (non-hydrogen) atoms. The van der Waals surface area contributed by atoms with Crippen LogP contribution in [0.25, 0.3) is 0 Å². The molecule has 2 amide bonds. The van der Waals surface area contributed by atoms with Crippen LogP contribution in [0.15, 0.2) is 48.5 Å². The van der Waals surface area contributed by atoms with E-state index in [1.54, 1.807) is 18.2 Å². The van der Waals surface area contributed by atoms with Crippen LogP contribution in [0, 0.1) is 0 Å². The summed E-state index contributed by atoms with van der Waals surface area (Å²) in [5, 5.41) is 3.25. The van der Waals surface area contributed by atoms with Crippen molar-refractivity contribution in [1.82, 2.24) is 4.90 Å². The van der Waals surface area contributed by atoms with Crippen molar-refractivity contribution >= 4 is 40.9 Å². The fraction of sp³-hybridized carbons (Fsp3) is 0.176. The van der Waals surface area contributed by atoms with Gasteiger partial charge in [0, 0.05) is 5.02 Å². The van der Waals surface area contributed by atoms with Crippen molar-refractivity contribution in [1.29, 1.82) is 0 Å². The molecule has 0 aromatic heterocycles. The Bertz CT molecular complexity index is 755. The van der Waals surface area contributed by atoms with Gasteiger partial charge in [-0.15, -0.1) is 11.8 Å². The Balaban J connectivity index is 1.73. The van der Waals surface area contributed by atoms with Gasteiger partial charge < -0.3 is 15.0 Å². The lowest BCUT2D eigenvalue weighted by Gasteiger charge is -2.16. The summed E-state index contributed by atoms with van der Waals surface area (Å²) in [5.74, 6) is 1.79. The zero-order chi connectivity index (χ0) is 16.9. The molecule has 0 spiro atoms. The summed E-state index contributed by atoms with van der Waals surface area (Å²) < 4.78 is 5.80. The molecule has 5 nitrogen and oxygen atoms in total. The first-order valence-corrected chi connectivity index (χ1v) is 8.83. The van der Waals surface area contributed by atoms with E-state index >= 15 is 0 Å². The van der Waals surface area contributed by atoms with Crippen molar-refractivity contribution in [2.24, 2.45) is 0 Å². The molecule has 2 aromatic carbocycles. The standard InChI is InChI=1S/C17H15ClN2O3S/c18-12-6-7-15(23-13-4-2-1-3-5-13)14(8-12)19-16(21)9-20-11-24-10-17(20)22/h1-8H,9-11H2,(H,19,21). The highest BCUT2D eigenvalue weighted by atomic mass is 35.5. The third-order valence-corrected chi connectivity index (χ3v) is 4.53. The minimum absolute atomic E-state index is 0.0170. The number of para-hydroxylation sites is 1. The molecule has 0 aliphatic carbocycles. The summed E-state index contributed by atoms with van der Waals surface area (Å²) in [4.78, 5) is 25.3. The highest BCUT2D eigenvalue weighted by Gasteiger charge is 2.23. The fourth-order valence-electron chi connectivity index (χ4n) is 2.21. The number of amides is 2. The summed E-state index contributed by atoms with van der Waals surface area (Å²) in [5.41, 5.74) is 0.468. The van der Waals surface area contributed by atoms with Crippen LogP contribution in [0.4, 0.5) is 5.69 Å². The summed E-state index contributed by atoms with van der Waals surface area (Å²) in [6.45, 7) is 0.0170. The Hall–Kier alpha value is -2.18. The van der Waals surface area contributed by atoms with Gasteiger partial charge in [-0.1, -0.05) is 29.8 Å². The van der Waals surface area contributed by atoms with Crippen molar-refractivity contribution in [2.75, 3.05) is 23.5 Å². The molecule has 1 aliphatic rings. The number of hydrogen-bond donors (Lipinski definition) is 1. The monoisotopic (exact) mass is 362 g/mol. The van der Waals surface area contributed by atoms with E-state index in [1.807, 2.05) is 30.3 Å². The van der Waals surface area contributed by atoms with Crippen molar-refractivity contribution in [2.45, 2.75) is 0 Å². The van der Waals surface area contributed by atoms with Crippen molar-refractivity contribution < 1.29 is 14.3 Å². The number of hydrogen-bond acceptors (Lipinski definition) is 4. The van der Waals surface area contributed by atoms with Crippen LogP contribution in [-0.2, 0) is 9.59 Å². The first-order chi connectivity index (χ1) is 11.6. The molecule has 0 atom stereocenters. The van der Waals surface area contributed by atoms with Crippen LogP contribution in [0.3, 0.4) is 0 Å². The molecule has 1 aliphatic heterocycles. The van der Waals surface area contributed by atoms with Gasteiger partial charge in [-0.25, -0.2) is 0 Å². The van der Waals surface area contributed by atoms with Gasteiger partial charge in [0.15, 0.2) is 5.75 Å². The first-order valence-electron chi connectivity index (χ1n) is 7.29. The SMILES string of the molecule is O=C(CN1CSCC1=O)Nc1cc(Cl)ccc1Oc1ccccc1. The predicted molar refractivity (Wildman–Crippen MR) is 95.6 cm³/mol. The second-order valence-corrected chi connectivity index (χ2v) is 6.56. The lowest BCUT2D eigenvalue weighted by molar-refractivity contribution is -0.130. The van der Waals surface area contributed by atoms with E-state index in [2.05, 4.69) is 5.32 Å². The molecular formula is C17H15ClN2O3S. The van der Waals surface area contributed by atoms with Gasteiger partial charge in [-0.2, -0.15) is 0 Å². The minimum atomic E-state index is -0.286. The summed E-state index contributed by atoms with van der Waals surface area (Å²) in [6.07, 6.45) is 0. The van der Waals surface area contributed by atoms with Gasteiger partial charge in [-0.05, 0) is 30.3 Å². The lowest BCUT2D eigenvalue weighted by atomic mass is 10.2. The zero-order valence-corrected chi connectivity index (χ0v) is 14.3. The molecule has 0 bridgehead atoms. The van der Waals surface area contributed by atoms with Gasteiger partial charge >= 0.3 is 0 Å². The van der Waals surface area contributed by atoms with Gasteiger partial charge in [-0.3, -0.25) is 9.59 Å². The van der Waals surface area contributed by atoms with Gasteiger partial charge in [0.05, 0.1) is 17.3 Å². The number of ether oxygens (including phenoxy) is 1. The van der Waals surface area contributed by atoms with Gasteiger partial charge in [0.25, 0.3) is 0 Å². The Morgan fingerprint density at radius 1 is 1.25 bits per heavy atom. The minimum Gasteiger partial charge on any atom is -0.455 e. The molecule has 7 heteroatoms. The van der Waals surface area contributed by atoms with E-state index < -0.39 is 0 Å². The quantitative estimate of drug-likeness (QED) is 0.882. The molecule has 0 radical (unpaired) electrons. The molecule has 2 aromatic rings. The van der Waals surface area contributed by atoms with E-state index in [0.29, 0.717) is 33.8 Å². The molecule has 1 fully saturated rings. The maximum atomic E-state index is 12.2. The van der Waals surface area contributed by atoms with E-state index in [1.165, 1.54) is 16.7 Å². The van der Waals surface area contributed by atoms with Crippen molar-refractivity contribution in [3.05, 3.63) is 53.6 Å².